The number of fused-ring (bicyclic) bond motifs is 3. The monoisotopic (exact) mass is 665 g/mol. The summed E-state index contributed by atoms with van der Waals surface area (Å²) in [6.45, 7) is 5.03. The first-order valence-corrected chi connectivity index (χ1v) is 16.2. The van der Waals surface area contributed by atoms with Crippen LogP contribution in [-0.2, 0) is 11.3 Å². The predicted octanol–water partition coefficient (Wildman–Crippen LogP) is 3.93. The fraction of sp³-hybridized carbons (Fsp3) is 0.500. The lowest BCUT2D eigenvalue weighted by molar-refractivity contribution is -0.155. The molecule has 0 amide bonds. The average molecular weight is 666 g/mol. The van der Waals surface area contributed by atoms with Crippen LogP contribution in [0.15, 0.2) is 30.6 Å². The van der Waals surface area contributed by atoms with Gasteiger partial charge in [-0.1, -0.05) is 12.0 Å². The average Bonchev–Trinajstić information content (AvgIpc) is 3.31. The summed E-state index contributed by atoms with van der Waals surface area (Å²) in [5, 5.41) is 14.1. The number of anilines is 1. The lowest BCUT2D eigenvalue weighted by Crippen LogP contribution is -2.57. The Morgan fingerprint density at radius 2 is 1.92 bits per heavy atom. The molecule has 4 aromatic rings. The number of piperazine rings is 1. The third kappa shape index (κ3) is 5.77. The van der Waals surface area contributed by atoms with Gasteiger partial charge in [-0.15, -0.1) is 6.42 Å². The molecule has 2 N–H and O–H groups in total. The standard InChI is InChI=1S/C34H35F4N7O3/c1-2-25-26(35)4-3-20-9-24(46)10-21(28(20)25)13-45-19-40-29-30(45)41-32(44-8-7-39-27(14-44)34(36,37)38)42-31(29)48-18-33(5-6-33)17-43-11-22-15-47-16-23(22)12-43/h1,3-4,9-10,19,22-23,27,39,46H,5-8,11-18H2/t22-,23+,27?. The maximum atomic E-state index is 14.8. The lowest BCUT2D eigenvalue weighted by atomic mass is 9.98. The Morgan fingerprint density at radius 1 is 1.12 bits per heavy atom. The number of hydrogen-bond donors (Lipinski definition) is 2. The largest absolute Gasteiger partial charge is 0.508 e. The van der Waals surface area contributed by atoms with Crippen molar-refractivity contribution in [2.75, 3.05) is 64.0 Å². The summed E-state index contributed by atoms with van der Waals surface area (Å²) in [7, 11) is 0. The smallest absolute Gasteiger partial charge is 0.405 e. The zero-order valence-corrected chi connectivity index (χ0v) is 26.1. The molecule has 3 saturated heterocycles. The van der Waals surface area contributed by atoms with Crippen LogP contribution in [0.1, 0.15) is 24.0 Å². The van der Waals surface area contributed by atoms with Crippen LogP contribution in [0.2, 0.25) is 0 Å². The van der Waals surface area contributed by atoms with E-state index in [1.54, 1.807) is 10.6 Å². The zero-order chi connectivity index (χ0) is 33.2. The number of nitrogens with zero attached hydrogens (tertiary/aromatic N) is 6. The topological polar surface area (TPSA) is 101 Å². The highest BCUT2D eigenvalue weighted by Gasteiger charge is 2.48. The fourth-order valence-corrected chi connectivity index (χ4v) is 7.51. The molecule has 8 rings (SSSR count). The summed E-state index contributed by atoms with van der Waals surface area (Å²) in [6, 6.07) is 4.08. The number of terminal acetylenes is 1. The van der Waals surface area contributed by atoms with Crippen LogP contribution in [0, 0.1) is 35.4 Å². The minimum absolute atomic E-state index is 0.0289. The highest BCUT2D eigenvalue weighted by atomic mass is 19.4. The first kappa shape index (κ1) is 31.1. The lowest BCUT2D eigenvalue weighted by Gasteiger charge is -2.34. The number of phenolic OH excluding ortho intramolecular Hbond substituents is 1. The second kappa shape index (κ2) is 11.7. The van der Waals surface area contributed by atoms with E-state index in [-0.39, 0.29) is 54.7 Å². The molecular weight excluding hydrogens is 630 g/mol. The summed E-state index contributed by atoms with van der Waals surface area (Å²) in [5.41, 5.74) is 1.25. The van der Waals surface area contributed by atoms with E-state index in [1.165, 1.54) is 29.4 Å². The summed E-state index contributed by atoms with van der Waals surface area (Å²) in [4.78, 5) is 17.9. The number of phenols is 1. The van der Waals surface area contributed by atoms with Crippen LogP contribution in [-0.4, -0.2) is 101 Å². The minimum Gasteiger partial charge on any atom is -0.508 e. The van der Waals surface area contributed by atoms with Crippen LogP contribution in [0.3, 0.4) is 0 Å². The van der Waals surface area contributed by atoms with Gasteiger partial charge in [-0.05, 0) is 42.0 Å². The molecule has 252 valence electrons. The first-order chi connectivity index (χ1) is 23.1. The molecule has 1 unspecified atom stereocenters. The van der Waals surface area contributed by atoms with E-state index in [2.05, 4.69) is 26.1 Å². The number of nitrogens with one attached hydrogen (secondary N) is 1. The second-order valence-electron chi connectivity index (χ2n) is 13.7. The van der Waals surface area contributed by atoms with Crippen molar-refractivity contribution < 1.29 is 32.1 Å². The van der Waals surface area contributed by atoms with Crippen LogP contribution in [0.25, 0.3) is 21.9 Å². The van der Waals surface area contributed by atoms with E-state index < -0.39 is 18.0 Å². The van der Waals surface area contributed by atoms with Crippen molar-refractivity contribution in [1.29, 1.82) is 0 Å². The van der Waals surface area contributed by atoms with Crippen molar-refractivity contribution in [2.45, 2.75) is 31.6 Å². The summed E-state index contributed by atoms with van der Waals surface area (Å²) in [5.74, 6) is 3.28. The molecule has 0 spiro atoms. The van der Waals surface area contributed by atoms with Gasteiger partial charge in [0, 0.05) is 61.9 Å². The van der Waals surface area contributed by atoms with E-state index in [0.717, 1.165) is 45.7 Å². The Bertz CT molecular complexity index is 1910. The number of aromatic nitrogens is 4. The molecule has 4 aliphatic rings. The third-order valence-corrected chi connectivity index (χ3v) is 10.2. The number of halogens is 4. The van der Waals surface area contributed by atoms with Gasteiger partial charge in [0.25, 0.3) is 0 Å². The van der Waals surface area contributed by atoms with Crippen LogP contribution < -0.4 is 15.0 Å². The molecule has 4 fully saturated rings. The van der Waals surface area contributed by atoms with Gasteiger partial charge in [-0.3, -0.25) is 0 Å². The Labute approximate surface area is 274 Å². The molecule has 48 heavy (non-hydrogen) atoms. The van der Waals surface area contributed by atoms with E-state index in [1.807, 2.05) is 0 Å². The number of alkyl halides is 3. The molecule has 2 aromatic carbocycles. The van der Waals surface area contributed by atoms with Crippen molar-refractivity contribution >= 4 is 27.9 Å². The Balaban J connectivity index is 1.13. The summed E-state index contributed by atoms with van der Waals surface area (Å²) >= 11 is 0. The quantitative estimate of drug-likeness (QED) is 0.214. The van der Waals surface area contributed by atoms with E-state index in [9.17, 15) is 22.7 Å². The van der Waals surface area contributed by atoms with Crippen LogP contribution in [0.4, 0.5) is 23.5 Å². The number of rotatable bonds is 8. The van der Waals surface area contributed by atoms with E-state index >= 15 is 0 Å². The molecule has 3 atom stereocenters. The molecule has 1 saturated carbocycles. The highest BCUT2D eigenvalue weighted by Crippen LogP contribution is 2.48. The van der Waals surface area contributed by atoms with Gasteiger partial charge in [0.2, 0.25) is 11.8 Å². The Kier molecular flexibility index (Phi) is 7.61. The number of benzene rings is 2. The van der Waals surface area contributed by atoms with Crippen LogP contribution >= 0.6 is 0 Å². The van der Waals surface area contributed by atoms with Gasteiger partial charge in [0.15, 0.2) is 11.2 Å². The van der Waals surface area contributed by atoms with Crippen molar-refractivity contribution in [3.05, 3.63) is 47.5 Å². The zero-order valence-electron chi connectivity index (χ0n) is 26.1. The second-order valence-corrected chi connectivity index (χ2v) is 13.7. The van der Waals surface area contributed by atoms with Gasteiger partial charge in [0.05, 0.1) is 38.3 Å². The number of aromatic hydroxyl groups is 1. The summed E-state index contributed by atoms with van der Waals surface area (Å²) < 4.78 is 69.7. The summed E-state index contributed by atoms with van der Waals surface area (Å²) in [6.07, 6.45) is 4.80. The molecule has 5 heterocycles. The van der Waals surface area contributed by atoms with Crippen molar-refractivity contribution in [1.82, 2.24) is 29.7 Å². The van der Waals surface area contributed by atoms with Gasteiger partial charge in [-0.25, -0.2) is 9.37 Å². The SMILES string of the molecule is C#Cc1c(F)ccc2cc(O)cc(Cn3cnc4c(OCC5(CN6C[C@H]7COC[C@H]7C6)CC5)nc(N5CCNC(C(F)(F)F)C5)nc43)c12. The van der Waals surface area contributed by atoms with Gasteiger partial charge in [0.1, 0.15) is 17.6 Å². The number of ether oxygens (including phenoxy) is 2. The normalized spacial score (nSPS) is 23.9. The van der Waals surface area contributed by atoms with Gasteiger partial charge >= 0.3 is 6.18 Å². The third-order valence-electron chi connectivity index (χ3n) is 10.2. The van der Waals surface area contributed by atoms with Crippen molar-refractivity contribution in [3.63, 3.8) is 0 Å². The molecule has 3 aliphatic heterocycles. The van der Waals surface area contributed by atoms with Gasteiger partial charge in [-0.2, -0.15) is 23.1 Å². The fourth-order valence-electron chi connectivity index (χ4n) is 7.51. The van der Waals surface area contributed by atoms with Crippen molar-refractivity contribution in [2.24, 2.45) is 17.3 Å². The molecular formula is C34H35F4N7O3. The highest BCUT2D eigenvalue weighted by molar-refractivity contribution is 5.92. The molecule has 2 aromatic heterocycles. The number of likely N-dealkylation sites (tertiary alicyclic amines) is 1. The molecule has 10 nitrogen and oxygen atoms in total. The maximum absolute atomic E-state index is 14.8. The predicted molar refractivity (Wildman–Crippen MR) is 169 cm³/mol. The molecule has 0 radical (unpaired) electrons. The minimum atomic E-state index is -4.44. The van der Waals surface area contributed by atoms with E-state index in [0.29, 0.717) is 45.9 Å². The molecule has 0 bridgehead atoms. The van der Waals surface area contributed by atoms with Crippen molar-refractivity contribution in [3.8, 4) is 24.0 Å². The maximum Gasteiger partial charge on any atom is 0.405 e. The molecule has 14 heteroatoms. The number of hydrogen-bond acceptors (Lipinski definition) is 9. The first-order valence-electron chi connectivity index (χ1n) is 16.2. The van der Waals surface area contributed by atoms with Crippen LogP contribution in [0.5, 0.6) is 11.6 Å². The molecule has 1 aliphatic carbocycles. The Hall–Kier alpha value is -4.19. The Morgan fingerprint density at radius 3 is 2.65 bits per heavy atom. The number of imidazole rings is 1. The van der Waals surface area contributed by atoms with Gasteiger partial charge < -0.3 is 34.3 Å². The van der Waals surface area contributed by atoms with E-state index in [4.69, 9.17) is 20.9 Å².